The molecule has 0 aromatic heterocycles. The van der Waals surface area contributed by atoms with Crippen molar-refractivity contribution in [3.63, 3.8) is 0 Å². The number of likely N-dealkylation sites (N-methyl/N-ethyl adjacent to an activating group) is 1. The number of carboxylic acids is 1. The van der Waals surface area contributed by atoms with E-state index >= 15 is 0 Å². The van der Waals surface area contributed by atoms with Crippen molar-refractivity contribution in [3.05, 3.63) is 34.6 Å². The predicted molar refractivity (Wildman–Crippen MR) is 56.0 cm³/mol. The van der Waals surface area contributed by atoms with Crippen molar-refractivity contribution >= 4 is 23.5 Å². The second kappa shape index (κ2) is 4.94. The van der Waals surface area contributed by atoms with Gasteiger partial charge in [-0.2, -0.15) is 0 Å². The lowest BCUT2D eigenvalue weighted by atomic mass is 10.2. The number of aliphatic carboxylic acids is 1. The van der Waals surface area contributed by atoms with Gasteiger partial charge >= 0.3 is 5.97 Å². The highest BCUT2D eigenvalue weighted by Gasteiger charge is 2.15. The van der Waals surface area contributed by atoms with Crippen LogP contribution in [0.5, 0.6) is 0 Å². The van der Waals surface area contributed by atoms with Crippen LogP contribution in [0.4, 0.5) is 4.39 Å². The zero-order valence-corrected chi connectivity index (χ0v) is 9.16. The van der Waals surface area contributed by atoms with Crippen LogP contribution in [0.25, 0.3) is 0 Å². The van der Waals surface area contributed by atoms with Crippen LogP contribution in [0, 0.1) is 5.82 Å². The molecule has 1 N–H and O–H groups in total. The van der Waals surface area contributed by atoms with E-state index in [2.05, 4.69) is 0 Å². The molecule has 0 atom stereocenters. The molecular weight excluding hydrogens is 237 g/mol. The Labute approximate surface area is 96.2 Å². The first-order valence-corrected chi connectivity index (χ1v) is 4.72. The summed E-state index contributed by atoms with van der Waals surface area (Å²) in [5, 5.41) is 8.33. The number of carbonyl (C=O) groups excluding carboxylic acids is 1. The zero-order valence-electron chi connectivity index (χ0n) is 8.41. The van der Waals surface area contributed by atoms with E-state index in [0.29, 0.717) is 0 Å². The summed E-state index contributed by atoms with van der Waals surface area (Å²) < 4.78 is 12.8. The molecule has 6 heteroatoms. The van der Waals surface area contributed by atoms with Crippen molar-refractivity contribution in [2.24, 2.45) is 0 Å². The molecule has 0 unspecified atom stereocenters. The third kappa shape index (κ3) is 2.93. The number of benzene rings is 1. The topological polar surface area (TPSA) is 57.6 Å². The second-order valence-electron chi connectivity index (χ2n) is 3.18. The van der Waals surface area contributed by atoms with Gasteiger partial charge < -0.3 is 10.0 Å². The molecule has 1 aromatic carbocycles. The fraction of sp³-hybridized carbons (Fsp3) is 0.200. The van der Waals surface area contributed by atoms with E-state index in [1.165, 1.54) is 13.1 Å². The van der Waals surface area contributed by atoms with Crippen LogP contribution in [0.3, 0.4) is 0 Å². The van der Waals surface area contributed by atoms with Crippen molar-refractivity contribution < 1.29 is 19.1 Å². The fourth-order valence-corrected chi connectivity index (χ4v) is 1.30. The van der Waals surface area contributed by atoms with Gasteiger partial charge in [-0.1, -0.05) is 11.6 Å². The maximum absolute atomic E-state index is 12.8. The summed E-state index contributed by atoms with van der Waals surface area (Å²) in [7, 11) is 1.34. The summed E-state index contributed by atoms with van der Waals surface area (Å²) in [6.07, 6.45) is 0. The molecule has 16 heavy (non-hydrogen) atoms. The van der Waals surface area contributed by atoms with E-state index in [-0.39, 0.29) is 10.6 Å². The zero-order chi connectivity index (χ0) is 12.3. The SMILES string of the molecule is CN(CC(=O)O)C(=O)c1ccc(F)c(Cl)c1. The van der Waals surface area contributed by atoms with Crippen LogP contribution >= 0.6 is 11.6 Å². The lowest BCUT2D eigenvalue weighted by Gasteiger charge is -2.14. The van der Waals surface area contributed by atoms with Crippen LogP contribution in [0.1, 0.15) is 10.4 Å². The van der Waals surface area contributed by atoms with E-state index in [0.717, 1.165) is 17.0 Å². The highest BCUT2D eigenvalue weighted by molar-refractivity contribution is 6.31. The third-order valence-electron chi connectivity index (χ3n) is 1.89. The van der Waals surface area contributed by atoms with Gasteiger partial charge in [-0.3, -0.25) is 9.59 Å². The molecule has 0 aliphatic carbocycles. The number of rotatable bonds is 3. The Balaban J connectivity index is 2.88. The Morgan fingerprint density at radius 3 is 2.62 bits per heavy atom. The van der Waals surface area contributed by atoms with Gasteiger partial charge in [0, 0.05) is 12.6 Å². The second-order valence-corrected chi connectivity index (χ2v) is 3.59. The first-order chi connectivity index (χ1) is 7.41. The maximum atomic E-state index is 12.8. The summed E-state index contributed by atoms with van der Waals surface area (Å²) in [6.45, 7) is -0.423. The van der Waals surface area contributed by atoms with E-state index in [4.69, 9.17) is 16.7 Å². The van der Waals surface area contributed by atoms with Gasteiger partial charge in [-0.05, 0) is 18.2 Å². The van der Waals surface area contributed by atoms with Crippen molar-refractivity contribution in [2.75, 3.05) is 13.6 Å². The summed E-state index contributed by atoms with van der Waals surface area (Å²) in [6, 6.07) is 3.48. The minimum atomic E-state index is -1.12. The average Bonchev–Trinajstić information content (AvgIpc) is 2.20. The number of nitrogens with zero attached hydrogens (tertiary/aromatic N) is 1. The van der Waals surface area contributed by atoms with Gasteiger partial charge in [0.25, 0.3) is 5.91 Å². The largest absolute Gasteiger partial charge is 0.480 e. The Morgan fingerprint density at radius 2 is 2.12 bits per heavy atom. The molecule has 0 spiro atoms. The van der Waals surface area contributed by atoms with Crippen molar-refractivity contribution in [1.82, 2.24) is 4.90 Å². The quantitative estimate of drug-likeness (QED) is 0.881. The Bertz CT molecular complexity index is 436. The summed E-state index contributed by atoms with van der Waals surface area (Å²) in [4.78, 5) is 23.0. The first kappa shape index (κ1) is 12.4. The molecule has 1 rings (SSSR count). The van der Waals surface area contributed by atoms with Gasteiger partial charge in [0.15, 0.2) is 0 Å². The van der Waals surface area contributed by atoms with Gasteiger partial charge in [0.2, 0.25) is 0 Å². The van der Waals surface area contributed by atoms with Gasteiger partial charge in [-0.25, -0.2) is 4.39 Å². The fourth-order valence-electron chi connectivity index (χ4n) is 1.12. The lowest BCUT2D eigenvalue weighted by Crippen LogP contribution is -2.31. The number of hydrogen-bond donors (Lipinski definition) is 1. The van der Waals surface area contributed by atoms with E-state index in [1.807, 2.05) is 0 Å². The third-order valence-corrected chi connectivity index (χ3v) is 2.18. The number of hydrogen-bond acceptors (Lipinski definition) is 2. The standard InChI is InChI=1S/C10H9ClFNO3/c1-13(5-9(14)15)10(16)6-2-3-8(12)7(11)4-6/h2-4H,5H2,1H3,(H,14,15). The summed E-state index contributed by atoms with van der Waals surface area (Å²) in [5.41, 5.74) is 0.148. The minimum absolute atomic E-state index is 0.148. The van der Waals surface area contributed by atoms with Crippen molar-refractivity contribution in [1.29, 1.82) is 0 Å². The van der Waals surface area contributed by atoms with Crippen LogP contribution < -0.4 is 0 Å². The van der Waals surface area contributed by atoms with Crippen LogP contribution in [0.2, 0.25) is 5.02 Å². The molecule has 0 bridgehead atoms. The Hall–Kier alpha value is -1.62. The predicted octanol–water partition coefficient (Wildman–Crippen LogP) is 1.64. The molecular formula is C10H9ClFNO3. The lowest BCUT2D eigenvalue weighted by molar-refractivity contribution is -0.137. The number of carboxylic acid groups (broad SMARTS) is 1. The molecule has 0 heterocycles. The number of halogens is 2. The van der Waals surface area contributed by atoms with E-state index in [1.54, 1.807) is 0 Å². The molecule has 0 fully saturated rings. The van der Waals surface area contributed by atoms with Gasteiger partial charge in [-0.15, -0.1) is 0 Å². The van der Waals surface area contributed by atoms with E-state index in [9.17, 15) is 14.0 Å². The molecule has 86 valence electrons. The normalized spacial score (nSPS) is 9.94. The Kier molecular flexibility index (Phi) is 3.84. The molecule has 0 aliphatic rings. The minimum Gasteiger partial charge on any atom is -0.480 e. The molecule has 1 aromatic rings. The highest BCUT2D eigenvalue weighted by Crippen LogP contribution is 2.16. The molecule has 1 amide bonds. The monoisotopic (exact) mass is 245 g/mol. The van der Waals surface area contributed by atoms with Crippen LogP contribution in [-0.4, -0.2) is 35.5 Å². The highest BCUT2D eigenvalue weighted by atomic mass is 35.5. The van der Waals surface area contributed by atoms with Crippen molar-refractivity contribution in [2.45, 2.75) is 0 Å². The van der Waals surface area contributed by atoms with Crippen LogP contribution in [-0.2, 0) is 4.79 Å². The van der Waals surface area contributed by atoms with Gasteiger partial charge in [0.1, 0.15) is 12.4 Å². The first-order valence-electron chi connectivity index (χ1n) is 4.34. The molecule has 4 nitrogen and oxygen atoms in total. The van der Waals surface area contributed by atoms with Crippen molar-refractivity contribution in [3.8, 4) is 0 Å². The maximum Gasteiger partial charge on any atom is 0.323 e. The average molecular weight is 246 g/mol. The Morgan fingerprint density at radius 1 is 1.50 bits per heavy atom. The van der Waals surface area contributed by atoms with E-state index < -0.39 is 24.2 Å². The summed E-state index contributed by atoms with van der Waals surface area (Å²) in [5.74, 6) is -2.27. The molecule has 0 saturated heterocycles. The molecule has 0 radical (unpaired) electrons. The molecule has 0 saturated carbocycles. The molecule has 0 aliphatic heterocycles. The number of carbonyl (C=O) groups is 2. The van der Waals surface area contributed by atoms with Gasteiger partial charge in [0.05, 0.1) is 5.02 Å². The smallest absolute Gasteiger partial charge is 0.323 e. The number of amides is 1. The summed E-state index contributed by atoms with van der Waals surface area (Å²) >= 11 is 5.51. The van der Waals surface area contributed by atoms with Crippen LogP contribution in [0.15, 0.2) is 18.2 Å².